The predicted octanol–water partition coefficient (Wildman–Crippen LogP) is 4.94. The van der Waals surface area contributed by atoms with Gasteiger partial charge in [0.15, 0.2) is 15.3 Å². The zero-order valence-corrected chi connectivity index (χ0v) is 19.0. The normalized spacial score (nSPS) is 11.3. The molecule has 0 saturated heterocycles. The van der Waals surface area contributed by atoms with Gasteiger partial charge < -0.3 is 9.30 Å². The Morgan fingerprint density at radius 1 is 1.11 bits per heavy atom. The van der Waals surface area contributed by atoms with Crippen LogP contribution in [0.15, 0.2) is 33.8 Å². The van der Waals surface area contributed by atoms with Crippen molar-refractivity contribution in [2.75, 3.05) is 6.26 Å². The summed E-state index contributed by atoms with van der Waals surface area (Å²) in [4.78, 5) is 0. The molecule has 150 valence electrons. The van der Waals surface area contributed by atoms with Crippen molar-refractivity contribution in [2.24, 2.45) is 5.92 Å². The van der Waals surface area contributed by atoms with E-state index in [1.165, 1.54) is 5.56 Å². The molecule has 0 aliphatic carbocycles. The van der Waals surface area contributed by atoms with E-state index in [1.807, 2.05) is 18.4 Å². The average molecular weight is 436 g/mol. The van der Waals surface area contributed by atoms with Crippen LogP contribution in [0.2, 0.25) is 0 Å². The first-order valence-electron chi connectivity index (χ1n) is 9.22. The molecule has 6 nitrogen and oxygen atoms in total. The van der Waals surface area contributed by atoms with Gasteiger partial charge in [-0.15, -0.1) is 20.4 Å². The molecule has 2 aromatic heterocycles. The van der Waals surface area contributed by atoms with E-state index in [0.29, 0.717) is 12.5 Å². The van der Waals surface area contributed by atoms with E-state index in [2.05, 4.69) is 57.9 Å². The van der Waals surface area contributed by atoms with Crippen molar-refractivity contribution >= 4 is 34.9 Å². The van der Waals surface area contributed by atoms with E-state index in [9.17, 15) is 0 Å². The van der Waals surface area contributed by atoms with Crippen LogP contribution in [0.5, 0.6) is 5.75 Å². The van der Waals surface area contributed by atoms with Crippen molar-refractivity contribution in [3.63, 3.8) is 0 Å². The van der Waals surface area contributed by atoms with E-state index in [1.54, 1.807) is 34.9 Å². The van der Waals surface area contributed by atoms with Crippen molar-refractivity contribution in [3.05, 3.63) is 40.7 Å². The molecule has 1 aromatic carbocycles. The van der Waals surface area contributed by atoms with E-state index >= 15 is 0 Å². The van der Waals surface area contributed by atoms with Crippen molar-refractivity contribution in [1.82, 2.24) is 25.0 Å². The van der Waals surface area contributed by atoms with Crippen molar-refractivity contribution in [3.8, 4) is 5.75 Å². The summed E-state index contributed by atoms with van der Waals surface area (Å²) in [6.45, 7) is 7.79. The van der Waals surface area contributed by atoms with Gasteiger partial charge in [-0.2, -0.15) is 0 Å². The van der Waals surface area contributed by atoms with Gasteiger partial charge in [0.2, 0.25) is 0 Å². The zero-order chi connectivity index (χ0) is 19.9. The molecule has 0 unspecified atom stereocenters. The number of ether oxygens (including phenoxy) is 1. The minimum atomic E-state index is 0.404. The highest BCUT2D eigenvalue weighted by molar-refractivity contribution is 8.00. The zero-order valence-electron chi connectivity index (χ0n) is 16.6. The molecule has 0 bridgehead atoms. The first kappa shape index (κ1) is 21.1. The molecule has 0 saturated carbocycles. The van der Waals surface area contributed by atoms with Crippen LogP contribution in [-0.2, 0) is 25.3 Å². The van der Waals surface area contributed by atoms with Gasteiger partial charge in [-0.3, -0.25) is 0 Å². The van der Waals surface area contributed by atoms with Gasteiger partial charge in [-0.1, -0.05) is 67.8 Å². The Hall–Kier alpha value is -1.58. The number of aromatic nitrogens is 5. The number of hydrogen-bond donors (Lipinski definition) is 0. The van der Waals surface area contributed by atoms with Crippen molar-refractivity contribution in [2.45, 2.75) is 55.6 Å². The first-order chi connectivity index (χ1) is 13.6. The minimum Gasteiger partial charge on any atom is -0.486 e. The first-order valence-corrected chi connectivity index (χ1v) is 12.2. The van der Waals surface area contributed by atoms with Gasteiger partial charge in [0, 0.05) is 6.54 Å². The highest BCUT2D eigenvalue weighted by Gasteiger charge is 2.15. The molecular weight excluding hydrogens is 410 g/mol. The molecule has 3 aromatic rings. The Morgan fingerprint density at radius 2 is 1.89 bits per heavy atom. The molecule has 0 N–H and O–H groups in total. The summed E-state index contributed by atoms with van der Waals surface area (Å²) in [5.41, 5.74) is 1.30. The van der Waals surface area contributed by atoms with Gasteiger partial charge in [-0.25, -0.2) is 0 Å². The Morgan fingerprint density at radius 3 is 2.54 bits per heavy atom. The molecule has 0 spiro atoms. The highest BCUT2D eigenvalue weighted by atomic mass is 32.2. The maximum absolute atomic E-state index is 5.95. The van der Waals surface area contributed by atoms with E-state index in [-0.39, 0.29) is 0 Å². The Balaban J connectivity index is 1.67. The number of hydrogen-bond acceptors (Lipinski definition) is 8. The summed E-state index contributed by atoms with van der Waals surface area (Å²) < 4.78 is 9.10. The lowest BCUT2D eigenvalue weighted by Crippen LogP contribution is -2.12. The van der Waals surface area contributed by atoms with Gasteiger partial charge >= 0.3 is 0 Å². The van der Waals surface area contributed by atoms with Gasteiger partial charge in [-0.05, 0) is 36.3 Å². The van der Waals surface area contributed by atoms with Gasteiger partial charge in [0.25, 0.3) is 0 Å². The molecule has 0 fully saturated rings. The number of benzene rings is 1. The van der Waals surface area contributed by atoms with E-state index < -0.39 is 0 Å². The van der Waals surface area contributed by atoms with Crippen LogP contribution < -0.4 is 4.74 Å². The second-order valence-corrected chi connectivity index (χ2v) is 9.70. The quantitative estimate of drug-likeness (QED) is 0.418. The summed E-state index contributed by atoms with van der Waals surface area (Å²) >= 11 is 4.89. The summed E-state index contributed by atoms with van der Waals surface area (Å²) in [6.07, 6.45) is 3.04. The molecule has 0 aliphatic rings. The third-order valence-electron chi connectivity index (χ3n) is 3.99. The number of rotatable bonds is 10. The fourth-order valence-electron chi connectivity index (χ4n) is 2.56. The molecule has 0 atom stereocenters. The van der Waals surface area contributed by atoms with Crippen LogP contribution >= 0.6 is 34.9 Å². The van der Waals surface area contributed by atoms with E-state index in [4.69, 9.17) is 4.74 Å². The van der Waals surface area contributed by atoms with Gasteiger partial charge in [0.1, 0.15) is 17.4 Å². The van der Waals surface area contributed by atoms with E-state index in [0.717, 1.165) is 44.8 Å². The maximum Gasteiger partial charge on any atom is 0.191 e. The summed E-state index contributed by atoms with van der Waals surface area (Å²) in [6, 6.07) is 8.22. The van der Waals surface area contributed by atoms with Crippen LogP contribution in [0.3, 0.4) is 0 Å². The lowest BCUT2D eigenvalue weighted by molar-refractivity contribution is 0.284. The SMILES string of the molecule is CCc1ccc(OCc2nnc(SCc3nnc(SC)s3)n2CC(C)C)cc1. The molecule has 3 rings (SSSR count). The second kappa shape index (κ2) is 10.3. The van der Waals surface area contributed by atoms with Gasteiger partial charge in [0.05, 0.1) is 5.75 Å². The van der Waals surface area contributed by atoms with Crippen LogP contribution in [0.4, 0.5) is 0 Å². The van der Waals surface area contributed by atoms with Crippen LogP contribution in [0.1, 0.15) is 37.2 Å². The fraction of sp³-hybridized carbons (Fsp3) is 0.474. The third kappa shape index (κ3) is 5.71. The van der Waals surface area contributed by atoms with Crippen molar-refractivity contribution < 1.29 is 4.74 Å². The molecular formula is C19H25N5OS3. The largest absolute Gasteiger partial charge is 0.486 e. The van der Waals surface area contributed by atoms with Crippen LogP contribution in [0.25, 0.3) is 0 Å². The predicted molar refractivity (Wildman–Crippen MR) is 116 cm³/mol. The molecule has 0 radical (unpaired) electrons. The third-order valence-corrected chi connectivity index (χ3v) is 7.05. The Labute approximate surface area is 178 Å². The maximum atomic E-state index is 5.95. The summed E-state index contributed by atoms with van der Waals surface area (Å²) in [5.74, 6) is 2.93. The van der Waals surface area contributed by atoms with Crippen LogP contribution in [0, 0.1) is 5.92 Å². The second-order valence-electron chi connectivity index (χ2n) is 6.64. The molecule has 0 aliphatic heterocycles. The average Bonchev–Trinajstić information content (AvgIpc) is 3.31. The van der Waals surface area contributed by atoms with Crippen LogP contribution in [-0.4, -0.2) is 31.2 Å². The number of nitrogens with zero attached hydrogens (tertiary/aromatic N) is 5. The standard InChI is InChI=1S/C19H25N5OS3/c1-5-14-6-8-15(9-7-14)25-11-16-20-22-18(24(16)10-13(2)3)27-12-17-21-23-19(26-4)28-17/h6-9,13H,5,10-12H2,1-4H3. The van der Waals surface area contributed by atoms with Crippen molar-refractivity contribution in [1.29, 1.82) is 0 Å². The topological polar surface area (TPSA) is 65.7 Å². The minimum absolute atomic E-state index is 0.404. The Bertz CT molecular complexity index is 876. The summed E-state index contributed by atoms with van der Waals surface area (Å²) in [7, 11) is 0. The Kier molecular flexibility index (Phi) is 7.75. The highest BCUT2D eigenvalue weighted by Crippen LogP contribution is 2.27. The number of aryl methyl sites for hydroxylation is 1. The molecule has 28 heavy (non-hydrogen) atoms. The monoisotopic (exact) mass is 435 g/mol. The number of thioether (sulfide) groups is 2. The fourth-order valence-corrected chi connectivity index (χ4v) is 4.82. The lowest BCUT2D eigenvalue weighted by atomic mass is 10.2. The summed E-state index contributed by atoms with van der Waals surface area (Å²) in [5, 5.41) is 19.1. The smallest absolute Gasteiger partial charge is 0.191 e. The lowest BCUT2D eigenvalue weighted by Gasteiger charge is -2.13. The molecule has 9 heteroatoms. The molecule has 0 amide bonds. The molecule has 2 heterocycles.